The number of sulfonamides is 1. The van der Waals surface area contributed by atoms with Gasteiger partial charge in [-0.05, 0) is 25.5 Å². The average molecular weight is 454 g/mol. The summed E-state index contributed by atoms with van der Waals surface area (Å²) in [6.45, 7) is 8.67. The predicted molar refractivity (Wildman–Crippen MR) is 113 cm³/mol. The number of carbonyl (C=O) groups excluding carboxylic acids is 1. The number of amides is 1. The molecule has 164 valence electrons. The van der Waals surface area contributed by atoms with E-state index in [4.69, 9.17) is 4.52 Å². The SMILES string of the molecule is CCN1CCN(C(=O)[C@@H]2CCCN(S(=O)(=O)c3cc(-c4noc(C)n4)cs3)C2)CC1. The van der Waals surface area contributed by atoms with Crippen LogP contribution >= 0.6 is 11.3 Å². The number of hydrogen-bond acceptors (Lipinski definition) is 8. The molecule has 0 aromatic carbocycles. The minimum atomic E-state index is -3.67. The standard InChI is InChI=1S/C19H27N5O4S2/c1-3-22-7-9-23(10-8-22)19(25)15-5-4-6-24(12-15)30(26,27)17-11-16(13-29-17)18-20-14(2)28-21-18/h11,13,15H,3-10,12H2,1-2H3/t15-/m1/s1. The number of hydrogen-bond donors (Lipinski definition) is 0. The molecule has 9 nitrogen and oxygen atoms in total. The minimum Gasteiger partial charge on any atom is -0.340 e. The van der Waals surface area contributed by atoms with Crippen molar-refractivity contribution in [1.29, 1.82) is 0 Å². The van der Waals surface area contributed by atoms with Crippen molar-refractivity contribution < 1.29 is 17.7 Å². The summed E-state index contributed by atoms with van der Waals surface area (Å²) >= 11 is 1.14. The molecule has 0 aliphatic carbocycles. The summed E-state index contributed by atoms with van der Waals surface area (Å²) in [6.07, 6.45) is 1.42. The van der Waals surface area contributed by atoms with E-state index in [1.54, 1.807) is 18.4 Å². The molecular weight excluding hydrogens is 426 g/mol. The van der Waals surface area contributed by atoms with Crippen LogP contribution in [-0.2, 0) is 14.8 Å². The van der Waals surface area contributed by atoms with E-state index in [2.05, 4.69) is 22.0 Å². The predicted octanol–water partition coefficient (Wildman–Crippen LogP) is 1.67. The van der Waals surface area contributed by atoms with E-state index >= 15 is 0 Å². The van der Waals surface area contributed by atoms with Crippen LogP contribution < -0.4 is 0 Å². The summed E-state index contributed by atoms with van der Waals surface area (Å²) in [5, 5.41) is 5.57. The van der Waals surface area contributed by atoms with Gasteiger partial charge in [-0.1, -0.05) is 12.1 Å². The fourth-order valence-electron chi connectivity index (χ4n) is 4.02. The Morgan fingerprint density at radius 1 is 1.27 bits per heavy atom. The Bertz CT molecular complexity index is 994. The fraction of sp³-hybridized carbons (Fsp3) is 0.632. The van der Waals surface area contributed by atoms with Crippen molar-refractivity contribution in [1.82, 2.24) is 24.2 Å². The van der Waals surface area contributed by atoms with Crippen LogP contribution in [0.5, 0.6) is 0 Å². The number of piperazine rings is 1. The summed E-state index contributed by atoms with van der Waals surface area (Å²) < 4.78 is 33.1. The van der Waals surface area contributed by atoms with Crippen LogP contribution in [0.3, 0.4) is 0 Å². The molecule has 0 bridgehead atoms. The third-order valence-corrected chi connectivity index (χ3v) is 9.10. The number of piperidine rings is 1. The molecule has 1 amide bonds. The molecule has 2 aliphatic rings. The first-order chi connectivity index (χ1) is 14.4. The molecule has 30 heavy (non-hydrogen) atoms. The van der Waals surface area contributed by atoms with Gasteiger partial charge in [-0.25, -0.2) is 8.42 Å². The maximum absolute atomic E-state index is 13.2. The molecule has 0 unspecified atom stereocenters. The Hall–Kier alpha value is -1.82. The zero-order valence-electron chi connectivity index (χ0n) is 17.3. The molecule has 2 aromatic rings. The number of rotatable bonds is 5. The smallest absolute Gasteiger partial charge is 0.252 e. The highest BCUT2D eigenvalue weighted by Crippen LogP contribution is 2.31. The van der Waals surface area contributed by atoms with Crippen molar-refractivity contribution in [2.45, 2.75) is 30.9 Å². The van der Waals surface area contributed by atoms with Crippen LogP contribution in [0.2, 0.25) is 0 Å². The number of aromatic nitrogens is 2. The van der Waals surface area contributed by atoms with Gasteiger partial charge in [0.1, 0.15) is 4.21 Å². The highest BCUT2D eigenvalue weighted by Gasteiger charge is 2.36. The molecule has 0 N–H and O–H groups in total. The van der Waals surface area contributed by atoms with Crippen molar-refractivity contribution in [3.63, 3.8) is 0 Å². The minimum absolute atomic E-state index is 0.0831. The first-order valence-corrected chi connectivity index (χ1v) is 12.6. The lowest BCUT2D eigenvalue weighted by Gasteiger charge is -2.38. The van der Waals surface area contributed by atoms with E-state index in [9.17, 15) is 13.2 Å². The second-order valence-electron chi connectivity index (χ2n) is 7.75. The van der Waals surface area contributed by atoms with Crippen molar-refractivity contribution in [2.24, 2.45) is 5.92 Å². The first-order valence-electron chi connectivity index (χ1n) is 10.3. The van der Waals surface area contributed by atoms with Crippen LogP contribution in [0.4, 0.5) is 0 Å². The molecule has 0 saturated carbocycles. The molecule has 4 rings (SSSR count). The van der Waals surface area contributed by atoms with Crippen molar-refractivity contribution in [3.05, 3.63) is 17.3 Å². The van der Waals surface area contributed by atoms with Crippen LogP contribution in [0.15, 0.2) is 20.2 Å². The second kappa shape index (κ2) is 8.74. The summed E-state index contributed by atoms with van der Waals surface area (Å²) in [5.74, 6) is 0.613. The zero-order valence-corrected chi connectivity index (χ0v) is 18.9. The first kappa shape index (κ1) is 21.4. The fourth-order valence-corrected chi connectivity index (χ4v) is 6.85. The maximum atomic E-state index is 13.2. The molecule has 2 fully saturated rings. The number of carbonyl (C=O) groups is 1. The third kappa shape index (κ3) is 4.29. The molecule has 0 radical (unpaired) electrons. The molecule has 11 heteroatoms. The van der Waals surface area contributed by atoms with Gasteiger partial charge in [0.15, 0.2) is 0 Å². The molecule has 0 spiro atoms. The Morgan fingerprint density at radius 2 is 2.03 bits per heavy atom. The van der Waals surface area contributed by atoms with Gasteiger partial charge >= 0.3 is 0 Å². The van der Waals surface area contributed by atoms with Crippen molar-refractivity contribution >= 4 is 27.3 Å². The van der Waals surface area contributed by atoms with Crippen LogP contribution in [0.1, 0.15) is 25.7 Å². The van der Waals surface area contributed by atoms with Gasteiger partial charge in [0.25, 0.3) is 10.0 Å². The Labute approximate surface area is 180 Å². The number of nitrogens with zero attached hydrogens (tertiary/aromatic N) is 5. The van der Waals surface area contributed by atoms with Crippen LogP contribution in [0, 0.1) is 12.8 Å². The van der Waals surface area contributed by atoms with Gasteiger partial charge in [0.2, 0.25) is 17.6 Å². The summed E-state index contributed by atoms with van der Waals surface area (Å²) in [5.41, 5.74) is 0.619. The van der Waals surface area contributed by atoms with E-state index in [1.807, 2.05) is 4.90 Å². The Kier molecular flexibility index (Phi) is 6.24. The molecule has 2 aliphatic heterocycles. The summed E-state index contributed by atoms with van der Waals surface area (Å²) in [4.78, 5) is 21.4. The second-order valence-corrected chi connectivity index (χ2v) is 10.8. The lowest BCUT2D eigenvalue weighted by Crippen LogP contribution is -2.52. The Balaban J connectivity index is 1.45. The lowest BCUT2D eigenvalue weighted by atomic mass is 9.98. The zero-order chi connectivity index (χ0) is 21.3. The molecule has 2 saturated heterocycles. The largest absolute Gasteiger partial charge is 0.340 e. The summed E-state index contributed by atoms with van der Waals surface area (Å²) in [6, 6.07) is 1.58. The van der Waals surface area contributed by atoms with Gasteiger partial charge in [-0.15, -0.1) is 11.3 Å². The van der Waals surface area contributed by atoms with Crippen LogP contribution in [0.25, 0.3) is 11.4 Å². The normalized spacial score (nSPS) is 21.8. The molecule has 4 heterocycles. The van der Waals surface area contributed by atoms with Crippen molar-refractivity contribution in [2.75, 3.05) is 45.8 Å². The van der Waals surface area contributed by atoms with E-state index in [0.29, 0.717) is 43.3 Å². The molecule has 2 aromatic heterocycles. The third-order valence-electron chi connectivity index (χ3n) is 5.82. The van der Waals surface area contributed by atoms with Gasteiger partial charge in [-0.2, -0.15) is 9.29 Å². The van der Waals surface area contributed by atoms with E-state index < -0.39 is 10.0 Å². The van der Waals surface area contributed by atoms with Gasteiger partial charge in [0, 0.05) is 57.1 Å². The van der Waals surface area contributed by atoms with Crippen LogP contribution in [-0.4, -0.2) is 84.4 Å². The van der Waals surface area contributed by atoms with Gasteiger partial charge in [-0.3, -0.25) is 4.79 Å². The monoisotopic (exact) mass is 453 g/mol. The number of aryl methyl sites for hydroxylation is 1. The van der Waals surface area contributed by atoms with Crippen molar-refractivity contribution in [3.8, 4) is 11.4 Å². The highest BCUT2D eigenvalue weighted by atomic mass is 32.2. The Morgan fingerprint density at radius 3 is 2.70 bits per heavy atom. The van der Waals surface area contributed by atoms with Gasteiger partial charge in [0.05, 0.1) is 5.92 Å². The average Bonchev–Trinajstić information content (AvgIpc) is 3.43. The van der Waals surface area contributed by atoms with E-state index in [0.717, 1.165) is 37.4 Å². The number of thiophene rings is 1. The van der Waals surface area contributed by atoms with Gasteiger partial charge < -0.3 is 14.3 Å². The highest BCUT2D eigenvalue weighted by molar-refractivity contribution is 7.91. The summed E-state index contributed by atoms with van der Waals surface area (Å²) in [7, 11) is -3.67. The number of likely N-dealkylation sites (N-methyl/N-ethyl adjacent to an activating group) is 1. The molecule has 1 atom stereocenters. The molecular formula is C19H27N5O4S2. The maximum Gasteiger partial charge on any atom is 0.252 e. The van der Waals surface area contributed by atoms with E-state index in [-0.39, 0.29) is 22.6 Å². The lowest BCUT2D eigenvalue weighted by molar-refractivity contribution is -0.138. The quantitative estimate of drug-likeness (QED) is 0.679. The topological polar surface area (TPSA) is 99.8 Å². The van der Waals surface area contributed by atoms with E-state index in [1.165, 1.54) is 4.31 Å².